The fraction of sp³-hybridized carbons (Fsp3) is 0.900. The van der Waals surface area contributed by atoms with Crippen LogP contribution in [0.5, 0.6) is 0 Å². The van der Waals surface area contributed by atoms with Crippen LogP contribution in [0.1, 0.15) is 46.5 Å². The maximum atomic E-state index is 8.81. The maximum Gasteiger partial charge on any atom is 0.116 e. The average Bonchev–Trinajstić information content (AvgIpc) is 2.05. The van der Waals surface area contributed by atoms with E-state index in [9.17, 15) is 0 Å². The zero-order chi connectivity index (χ0) is 9.82. The fourth-order valence-corrected chi connectivity index (χ4v) is 1.02. The lowest BCUT2D eigenvalue weighted by atomic mass is 10.1. The van der Waals surface area contributed by atoms with Crippen molar-refractivity contribution >= 4 is 6.29 Å². The number of aldehydes is 1. The molecule has 0 aliphatic rings. The van der Waals surface area contributed by atoms with Crippen LogP contribution in [0.2, 0.25) is 0 Å². The lowest BCUT2D eigenvalue weighted by Crippen LogP contribution is -2.08. The van der Waals surface area contributed by atoms with Gasteiger partial charge in [-0.3, -0.25) is 0 Å². The van der Waals surface area contributed by atoms with Crippen molar-refractivity contribution in [2.24, 2.45) is 0 Å². The Morgan fingerprint density at radius 2 is 1.58 bits per heavy atom. The van der Waals surface area contributed by atoms with Gasteiger partial charge in [-0.15, -0.1) is 0 Å². The zero-order valence-corrected chi connectivity index (χ0v) is 8.80. The smallest absolute Gasteiger partial charge is 0.116 e. The largest absolute Gasteiger partial charge is 0.381 e. The van der Waals surface area contributed by atoms with Crippen LogP contribution in [0.15, 0.2) is 0 Å². The number of hydrogen-bond donors (Lipinski definition) is 0. The van der Waals surface area contributed by atoms with E-state index in [4.69, 9.17) is 9.53 Å². The SMILES string of the molecule is CC=O.CCCC(CCC)OC. The van der Waals surface area contributed by atoms with Gasteiger partial charge in [-0.2, -0.15) is 0 Å². The van der Waals surface area contributed by atoms with E-state index >= 15 is 0 Å². The normalized spacial score (nSPS) is 9.08. The number of carbonyl (C=O) groups is 1. The molecule has 0 spiro atoms. The van der Waals surface area contributed by atoms with E-state index in [2.05, 4.69) is 13.8 Å². The number of hydrogen-bond acceptors (Lipinski definition) is 2. The summed E-state index contributed by atoms with van der Waals surface area (Å²) in [6, 6.07) is 0. The molecule has 0 aromatic rings. The molecule has 0 rings (SSSR count). The van der Waals surface area contributed by atoms with Gasteiger partial charge in [0.05, 0.1) is 6.10 Å². The molecule has 2 heteroatoms. The van der Waals surface area contributed by atoms with Crippen molar-refractivity contribution in [3.05, 3.63) is 0 Å². The van der Waals surface area contributed by atoms with E-state index in [1.54, 1.807) is 7.11 Å². The standard InChI is InChI=1S/C8H18O.C2H4O/c1-4-6-8(9-3)7-5-2;1-2-3/h8H,4-7H2,1-3H3;2H,1H3. The highest BCUT2D eigenvalue weighted by atomic mass is 16.5. The van der Waals surface area contributed by atoms with Gasteiger partial charge < -0.3 is 9.53 Å². The van der Waals surface area contributed by atoms with Crippen molar-refractivity contribution in [1.29, 1.82) is 0 Å². The molecule has 0 fully saturated rings. The van der Waals surface area contributed by atoms with Crippen LogP contribution in [0.25, 0.3) is 0 Å². The van der Waals surface area contributed by atoms with Gasteiger partial charge in [-0.1, -0.05) is 26.7 Å². The second kappa shape index (κ2) is 13.2. The van der Waals surface area contributed by atoms with Crippen molar-refractivity contribution in [3.8, 4) is 0 Å². The van der Waals surface area contributed by atoms with Crippen molar-refractivity contribution in [2.75, 3.05) is 7.11 Å². The minimum Gasteiger partial charge on any atom is -0.381 e. The van der Waals surface area contributed by atoms with Gasteiger partial charge in [0.15, 0.2) is 0 Å². The second-order valence-electron chi connectivity index (χ2n) is 2.67. The molecule has 0 aliphatic heterocycles. The van der Waals surface area contributed by atoms with Crippen molar-refractivity contribution < 1.29 is 9.53 Å². The third-order valence-corrected chi connectivity index (χ3v) is 1.55. The molecule has 0 aromatic carbocycles. The summed E-state index contributed by atoms with van der Waals surface area (Å²) in [5, 5.41) is 0. The Labute approximate surface area is 76.3 Å². The molecule has 0 saturated carbocycles. The monoisotopic (exact) mass is 174 g/mol. The first-order chi connectivity index (χ1) is 5.76. The van der Waals surface area contributed by atoms with Gasteiger partial charge >= 0.3 is 0 Å². The van der Waals surface area contributed by atoms with E-state index in [1.807, 2.05) is 0 Å². The molecule has 0 aromatic heterocycles. The summed E-state index contributed by atoms with van der Waals surface area (Å²) in [5.41, 5.74) is 0. The zero-order valence-electron chi connectivity index (χ0n) is 8.80. The third kappa shape index (κ3) is 12.3. The van der Waals surface area contributed by atoms with E-state index in [0.717, 1.165) is 6.29 Å². The minimum atomic E-state index is 0.514. The summed E-state index contributed by atoms with van der Waals surface area (Å²) in [6.45, 7) is 5.84. The fourth-order valence-electron chi connectivity index (χ4n) is 1.02. The Kier molecular flexibility index (Phi) is 15.6. The first-order valence-electron chi connectivity index (χ1n) is 4.69. The summed E-state index contributed by atoms with van der Waals surface area (Å²) in [7, 11) is 1.80. The number of rotatable bonds is 5. The van der Waals surface area contributed by atoms with Crippen LogP contribution in [0.4, 0.5) is 0 Å². The Hall–Kier alpha value is -0.370. The third-order valence-electron chi connectivity index (χ3n) is 1.55. The van der Waals surface area contributed by atoms with Crippen LogP contribution >= 0.6 is 0 Å². The first kappa shape index (κ1) is 14.2. The molecule has 0 radical (unpaired) electrons. The lowest BCUT2D eigenvalue weighted by Gasteiger charge is -2.11. The van der Waals surface area contributed by atoms with Crippen LogP contribution < -0.4 is 0 Å². The van der Waals surface area contributed by atoms with Gasteiger partial charge in [0.25, 0.3) is 0 Å². The van der Waals surface area contributed by atoms with Gasteiger partial charge in [-0.25, -0.2) is 0 Å². The Morgan fingerprint density at radius 3 is 1.75 bits per heavy atom. The van der Waals surface area contributed by atoms with Crippen molar-refractivity contribution in [3.63, 3.8) is 0 Å². The summed E-state index contributed by atoms with van der Waals surface area (Å²) in [6.07, 6.45) is 6.16. The predicted octanol–water partition coefficient (Wildman–Crippen LogP) is 2.81. The maximum absolute atomic E-state index is 8.81. The molecule has 0 atom stereocenters. The number of methoxy groups -OCH3 is 1. The van der Waals surface area contributed by atoms with Crippen LogP contribution in [-0.4, -0.2) is 19.5 Å². The van der Waals surface area contributed by atoms with Crippen molar-refractivity contribution in [2.45, 2.75) is 52.6 Å². The summed E-state index contributed by atoms with van der Waals surface area (Å²) < 4.78 is 5.23. The van der Waals surface area contributed by atoms with Gasteiger partial charge in [-0.05, 0) is 19.8 Å². The molecule has 0 aliphatic carbocycles. The highest BCUT2D eigenvalue weighted by Crippen LogP contribution is 2.06. The summed E-state index contributed by atoms with van der Waals surface area (Å²) >= 11 is 0. The molecule has 0 amide bonds. The molecule has 0 N–H and O–H groups in total. The van der Waals surface area contributed by atoms with E-state index in [-0.39, 0.29) is 0 Å². The van der Waals surface area contributed by atoms with E-state index in [1.165, 1.54) is 32.6 Å². The molecule has 0 saturated heterocycles. The Bertz CT molecular complexity index is 75.9. The first-order valence-corrected chi connectivity index (χ1v) is 4.69. The molecule has 0 unspecified atom stereocenters. The predicted molar refractivity (Wildman–Crippen MR) is 52.4 cm³/mol. The molecule has 0 bridgehead atoms. The van der Waals surface area contributed by atoms with Gasteiger partial charge in [0, 0.05) is 7.11 Å². The topological polar surface area (TPSA) is 26.3 Å². The molecular weight excluding hydrogens is 152 g/mol. The quantitative estimate of drug-likeness (QED) is 0.599. The number of carbonyl (C=O) groups excluding carboxylic acids is 1. The minimum absolute atomic E-state index is 0.514. The second-order valence-corrected chi connectivity index (χ2v) is 2.67. The van der Waals surface area contributed by atoms with Gasteiger partial charge in [0.2, 0.25) is 0 Å². The highest BCUT2D eigenvalue weighted by Gasteiger charge is 2.01. The Balaban J connectivity index is 0. The molecule has 12 heavy (non-hydrogen) atoms. The van der Waals surface area contributed by atoms with E-state index in [0.29, 0.717) is 6.10 Å². The molecule has 2 nitrogen and oxygen atoms in total. The summed E-state index contributed by atoms with van der Waals surface area (Å²) in [4.78, 5) is 8.81. The number of ether oxygens (including phenoxy) is 1. The molecule has 0 heterocycles. The highest BCUT2D eigenvalue weighted by molar-refractivity contribution is 5.44. The average molecular weight is 174 g/mol. The Morgan fingerprint density at radius 1 is 1.25 bits per heavy atom. The summed E-state index contributed by atoms with van der Waals surface area (Å²) in [5.74, 6) is 0. The lowest BCUT2D eigenvalue weighted by molar-refractivity contribution is -0.106. The molecule has 74 valence electrons. The van der Waals surface area contributed by atoms with Crippen LogP contribution in [0.3, 0.4) is 0 Å². The van der Waals surface area contributed by atoms with Crippen LogP contribution in [-0.2, 0) is 9.53 Å². The van der Waals surface area contributed by atoms with Gasteiger partial charge in [0.1, 0.15) is 6.29 Å². The van der Waals surface area contributed by atoms with E-state index < -0.39 is 0 Å². The van der Waals surface area contributed by atoms with Crippen LogP contribution in [0, 0.1) is 0 Å². The molecular formula is C10H22O2. The van der Waals surface area contributed by atoms with Crippen molar-refractivity contribution in [1.82, 2.24) is 0 Å².